The van der Waals surface area contributed by atoms with Gasteiger partial charge in [0.2, 0.25) is 0 Å². The Labute approximate surface area is 182 Å². The molecule has 1 aromatic carbocycles. The van der Waals surface area contributed by atoms with Crippen LogP contribution in [0, 0.1) is 5.92 Å². The second kappa shape index (κ2) is 9.40. The van der Waals surface area contributed by atoms with E-state index in [2.05, 4.69) is 46.0 Å². The van der Waals surface area contributed by atoms with E-state index in [9.17, 15) is 0 Å². The summed E-state index contributed by atoms with van der Waals surface area (Å²) in [6.07, 6.45) is 13.9. The van der Waals surface area contributed by atoms with Gasteiger partial charge in [-0.3, -0.25) is 0 Å². The summed E-state index contributed by atoms with van der Waals surface area (Å²) in [6.45, 7) is 7.23. The molecule has 1 N–H and O–H groups in total. The van der Waals surface area contributed by atoms with Crippen molar-refractivity contribution in [3.8, 4) is 0 Å². The topological polar surface area (TPSA) is 33.1 Å². The molecule has 4 nitrogen and oxygen atoms in total. The van der Waals surface area contributed by atoms with Gasteiger partial charge in [0.15, 0.2) is 0 Å². The third-order valence-electron chi connectivity index (χ3n) is 8.32. The van der Waals surface area contributed by atoms with Gasteiger partial charge in [0.1, 0.15) is 5.82 Å². The van der Waals surface area contributed by atoms with Crippen molar-refractivity contribution in [1.82, 2.24) is 19.8 Å². The first-order valence-electron chi connectivity index (χ1n) is 12.7. The summed E-state index contributed by atoms with van der Waals surface area (Å²) in [7, 11) is 0. The van der Waals surface area contributed by atoms with Crippen LogP contribution in [0.3, 0.4) is 0 Å². The summed E-state index contributed by atoms with van der Waals surface area (Å²) in [5, 5.41) is 3.55. The van der Waals surface area contributed by atoms with Gasteiger partial charge in [-0.1, -0.05) is 44.2 Å². The number of para-hydroxylation sites is 2. The Bertz CT molecular complexity index is 806. The molecule has 1 saturated carbocycles. The maximum absolute atomic E-state index is 5.13. The third kappa shape index (κ3) is 4.18. The first-order valence-corrected chi connectivity index (χ1v) is 12.7. The number of nitrogens with one attached hydrogen (secondary N) is 1. The minimum absolute atomic E-state index is 0.573. The molecule has 1 aromatic heterocycles. The molecule has 2 saturated heterocycles. The minimum atomic E-state index is 0.573. The maximum atomic E-state index is 5.13. The number of aromatic nitrogens is 2. The molecular formula is C26H40N4. The van der Waals surface area contributed by atoms with Crippen LogP contribution < -0.4 is 5.32 Å². The summed E-state index contributed by atoms with van der Waals surface area (Å²) in [5.41, 5.74) is 2.54. The Morgan fingerprint density at radius 1 is 0.933 bits per heavy atom. The van der Waals surface area contributed by atoms with Crippen LogP contribution in [-0.2, 0) is 0 Å². The molecule has 3 aliphatic rings. The van der Waals surface area contributed by atoms with Crippen molar-refractivity contribution in [1.29, 1.82) is 0 Å². The van der Waals surface area contributed by atoms with E-state index in [-0.39, 0.29) is 0 Å². The molecule has 2 unspecified atom stereocenters. The van der Waals surface area contributed by atoms with Crippen molar-refractivity contribution < 1.29 is 0 Å². The van der Waals surface area contributed by atoms with Gasteiger partial charge in [-0.2, -0.15) is 0 Å². The largest absolute Gasteiger partial charge is 0.324 e. The first-order chi connectivity index (χ1) is 14.8. The van der Waals surface area contributed by atoms with Gasteiger partial charge in [0, 0.05) is 37.6 Å². The molecule has 3 heterocycles. The molecule has 2 aromatic rings. The molecule has 0 spiro atoms. The van der Waals surface area contributed by atoms with E-state index in [1.54, 1.807) is 0 Å². The van der Waals surface area contributed by atoms with Gasteiger partial charge in [-0.15, -0.1) is 0 Å². The zero-order chi connectivity index (χ0) is 20.3. The number of rotatable bonds is 4. The van der Waals surface area contributed by atoms with Crippen molar-refractivity contribution in [2.75, 3.05) is 26.2 Å². The van der Waals surface area contributed by atoms with Gasteiger partial charge in [-0.05, 0) is 63.6 Å². The van der Waals surface area contributed by atoms with Gasteiger partial charge >= 0.3 is 0 Å². The fourth-order valence-electron chi connectivity index (χ4n) is 6.43. The van der Waals surface area contributed by atoms with Crippen molar-refractivity contribution in [3.63, 3.8) is 0 Å². The molecule has 30 heavy (non-hydrogen) atoms. The fourth-order valence-corrected chi connectivity index (χ4v) is 6.43. The zero-order valence-corrected chi connectivity index (χ0v) is 18.9. The van der Waals surface area contributed by atoms with Crippen molar-refractivity contribution >= 4 is 11.0 Å². The monoisotopic (exact) mass is 408 g/mol. The normalized spacial score (nSPS) is 26.6. The lowest BCUT2D eigenvalue weighted by atomic mass is 9.85. The highest BCUT2D eigenvalue weighted by Crippen LogP contribution is 2.35. The van der Waals surface area contributed by atoms with Crippen molar-refractivity contribution in [2.45, 2.75) is 89.1 Å². The van der Waals surface area contributed by atoms with Crippen LogP contribution in [-0.4, -0.2) is 46.7 Å². The van der Waals surface area contributed by atoms with Gasteiger partial charge < -0.3 is 14.8 Å². The van der Waals surface area contributed by atoms with E-state index < -0.39 is 0 Å². The van der Waals surface area contributed by atoms with Crippen molar-refractivity contribution in [2.24, 2.45) is 5.92 Å². The summed E-state index contributed by atoms with van der Waals surface area (Å²) in [5.74, 6) is 2.83. The second-order valence-corrected chi connectivity index (χ2v) is 10.1. The Hall–Kier alpha value is -1.39. The number of piperidine rings is 1. The van der Waals surface area contributed by atoms with E-state index in [1.165, 1.54) is 94.2 Å². The number of benzene rings is 1. The molecule has 164 valence electrons. The number of hydrogen-bond donors (Lipinski definition) is 1. The molecule has 1 aliphatic carbocycles. The number of imidazole rings is 1. The first kappa shape index (κ1) is 20.5. The smallest absolute Gasteiger partial charge is 0.114 e. The third-order valence-corrected chi connectivity index (χ3v) is 8.32. The zero-order valence-electron chi connectivity index (χ0n) is 18.9. The summed E-state index contributed by atoms with van der Waals surface area (Å²) in [4.78, 5) is 7.94. The van der Waals surface area contributed by atoms with Gasteiger partial charge in [0.25, 0.3) is 0 Å². The molecule has 2 aliphatic heterocycles. The highest BCUT2D eigenvalue weighted by atomic mass is 15.2. The van der Waals surface area contributed by atoms with Crippen LogP contribution in [0.1, 0.15) is 88.9 Å². The van der Waals surface area contributed by atoms with Crippen LogP contribution in [0.4, 0.5) is 0 Å². The quantitative estimate of drug-likeness (QED) is 0.725. The molecule has 0 bridgehead atoms. The van der Waals surface area contributed by atoms with E-state index >= 15 is 0 Å². The second-order valence-electron chi connectivity index (χ2n) is 10.1. The molecule has 2 atom stereocenters. The number of likely N-dealkylation sites (tertiary alicyclic amines) is 1. The molecule has 4 heteroatoms. The van der Waals surface area contributed by atoms with Crippen LogP contribution in [0.15, 0.2) is 24.3 Å². The average molecular weight is 409 g/mol. The van der Waals surface area contributed by atoms with E-state index in [1.807, 2.05) is 0 Å². The molecule has 3 fully saturated rings. The predicted molar refractivity (Wildman–Crippen MR) is 125 cm³/mol. The number of nitrogens with zero attached hydrogens (tertiary/aromatic N) is 3. The Kier molecular flexibility index (Phi) is 6.42. The van der Waals surface area contributed by atoms with Crippen LogP contribution in [0.25, 0.3) is 11.0 Å². The van der Waals surface area contributed by atoms with Crippen molar-refractivity contribution in [3.05, 3.63) is 30.1 Å². The minimum Gasteiger partial charge on any atom is -0.324 e. The van der Waals surface area contributed by atoms with Crippen LogP contribution in [0.5, 0.6) is 0 Å². The fraction of sp³-hybridized carbons (Fsp3) is 0.731. The van der Waals surface area contributed by atoms with E-state index in [4.69, 9.17) is 4.98 Å². The lowest BCUT2D eigenvalue weighted by molar-refractivity contribution is 0.0956. The molecular weight excluding hydrogens is 368 g/mol. The van der Waals surface area contributed by atoms with Crippen LogP contribution >= 0.6 is 0 Å². The molecule has 0 amide bonds. The summed E-state index contributed by atoms with van der Waals surface area (Å²) in [6, 6.07) is 10.2. The Morgan fingerprint density at radius 3 is 2.40 bits per heavy atom. The Balaban J connectivity index is 1.30. The van der Waals surface area contributed by atoms with Crippen LogP contribution in [0.2, 0.25) is 0 Å². The summed E-state index contributed by atoms with van der Waals surface area (Å²) >= 11 is 0. The Morgan fingerprint density at radius 2 is 1.67 bits per heavy atom. The maximum Gasteiger partial charge on any atom is 0.114 e. The molecule has 0 radical (unpaired) electrons. The van der Waals surface area contributed by atoms with Gasteiger partial charge in [-0.25, -0.2) is 4.98 Å². The van der Waals surface area contributed by atoms with E-state index in [0.717, 1.165) is 25.0 Å². The summed E-state index contributed by atoms with van der Waals surface area (Å²) < 4.78 is 2.64. The molecule has 5 rings (SSSR count). The highest BCUT2D eigenvalue weighted by Gasteiger charge is 2.32. The standard InChI is InChI=1S/C26H40N4/c1-20(21-9-5-3-2-4-6-10-21)29-17-14-23(15-18-29)30-25-12-8-7-11-24(25)28-26(30)22-13-16-27-19-22/h7-8,11-12,20-23,27H,2-6,9-10,13-19H2,1H3. The average Bonchev–Trinajstić information content (AvgIpc) is 3.41. The van der Waals surface area contributed by atoms with E-state index in [0.29, 0.717) is 12.0 Å². The SMILES string of the molecule is CC(C1CCCCCCC1)N1CCC(n2c(C3CCNC3)nc3ccccc32)CC1. The highest BCUT2D eigenvalue weighted by molar-refractivity contribution is 5.76. The number of fused-ring (bicyclic) bond motifs is 1. The predicted octanol–water partition coefficient (Wildman–Crippen LogP) is 5.50. The van der Waals surface area contributed by atoms with Gasteiger partial charge in [0.05, 0.1) is 11.0 Å². The lowest BCUT2D eigenvalue weighted by Gasteiger charge is -2.41. The lowest BCUT2D eigenvalue weighted by Crippen LogP contribution is -2.44. The number of hydrogen-bond acceptors (Lipinski definition) is 3.